The van der Waals surface area contributed by atoms with Gasteiger partial charge in [-0.15, -0.1) is 0 Å². The number of carbonyl (C=O) groups excluding carboxylic acids is 2. The zero-order chi connectivity index (χ0) is 25.9. The van der Waals surface area contributed by atoms with Crippen LogP contribution in [-0.2, 0) is 19.7 Å². The van der Waals surface area contributed by atoms with Crippen LogP contribution in [0.25, 0.3) is 11.1 Å². The maximum absolute atomic E-state index is 13.6. The number of fused-ring (bicyclic) bond motifs is 8. The number of epoxide rings is 1. The van der Waals surface area contributed by atoms with Crippen molar-refractivity contribution in [3.05, 3.63) is 95.6 Å². The van der Waals surface area contributed by atoms with E-state index >= 15 is 0 Å². The number of rotatable bonds is 3. The number of hydrogen-bond donors (Lipinski definition) is 0. The van der Waals surface area contributed by atoms with Crippen LogP contribution in [0.1, 0.15) is 41.3 Å². The van der Waals surface area contributed by atoms with Crippen LogP contribution in [0.15, 0.2) is 78.9 Å². The number of likely N-dealkylation sites (N-methyl/N-ethyl adjacent to an activating group) is 1. The van der Waals surface area contributed by atoms with Crippen LogP contribution in [0.2, 0.25) is 0 Å². The number of aromatic carboxylic acids is 1. The van der Waals surface area contributed by atoms with Gasteiger partial charge < -0.3 is 23.9 Å². The molecule has 6 heteroatoms. The summed E-state index contributed by atoms with van der Waals surface area (Å²) < 4.78 is 13.1. The molecule has 3 heterocycles. The lowest BCUT2D eigenvalue weighted by Gasteiger charge is -2.45. The maximum atomic E-state index is 13.6. The first kappa shape index (κ1) is 23.9. The number of esters is 1. The monoisotopic (exact) mass is 497 g/mol. The lowest BCUT2D eigenvalue weighted by atomic mass is 9.80. The Labute approximate surface area is 217 Å². The Morgan fingerprint density at radius 1 is 0.838 bits per heavy atom. The fourth-order valence-electron chi connectivity index (χ4n) is 6.82. The summed E-state index contributed by atoms with van der Waals surface area (Å²) in [5, 5.41) is 10.1. The summed E-state index contributed by atoms with van der Waals surface area (Å²) in [7, 11) is 4.60. The van der Waals surface area contributed by atoms with E-state index in [1.165, 1.54) is 12.1 Å². The summed E-state index contributed by atoms with van der Waals surface area (Å²) in [5.74, 6) is -1.24. The van der Waals surface area contributed by atoms with E-state index < -0.39 is 11.4 Å². The summed E-state index contributed by atoms with van der Waals surface area (Å²) in [6.07, 6.45) is 2.52. The molecule has 6 nitrogen and oxygen atoms in total. The van der Waals surface area contributed by atoms with Gasteiger partial charge in [0.15, 0.2) is 0 Å². The van der Waals surface area contributed by atoms with Crippen LogP contribution in [0, 0.1) is 0 Å². The van der Waals surface area contributed by atoms with Crippen molar-refractivity contribution in [1.29, 1.82) is 0 Å². The number of nitrogens with zero attached hydrogens (tertiary/aromatic N) is 1. The predicted molar refractivity (Wildman–Crippen MR) is 137 cm³/mol. The predicted octanol–water partition coefficient (Wildman–Crippen LogP) is 3.32. The van der Waals surface area contributed by atoms with E-state index in [2.05, 4.69) is 38.4 Å². The van der Waals surface area contributed by atoms with Crippen molar-refractivity contribution in [1.82, 2.24) is 0 Å². The fraction of sp³-hybridized carbons (Fsp3) is 0.355. The largest absolute Gasteiger partial charge is 0.545 e. The number of morpholine rings is 1. The topological polar surface area (TPSA) is 79.0 Å². The summed E-state index contributed by atoms with van der Waals surface area (Å²) in [6, 6.07) is 25.4. The Morgan fingerprint density at radius 3 is 1.81 bits per heavy atom. The van der Waals surface area contributed by atoms with E-state index in [0.717, 1.165) is 39.6 Å². The van der Waals surface area contributed by atoms with E-state index in [-0.39, 0.29) is 17.6 Å². The molecule has 190 valence electrons. The number of benzene rings is 3. The molecule has 3 aliphatic heterocycles. The van der Waals surface area contributed by atoms with Gasteiger partial charge in [0, 0.05) is 12.8 Å². The second-order valence-corrected chi connectivity index (χ2v) is 11.2. The molecule has 0 saturated carbocycles. The van der Waals surface area contributed by atoms with Crippen molar-refractivity contribution in [2.75, 3.05) is 14.1 Å². The number of quaternary nitrogens is 1. The van der Waals surface area contributed by atoms with E-state index in [0.29, 0.717) is 24.3 Å². The van der Waals surface area contributed by atoms with Gasteiger partial charge in [0.05, 0.1) is 20.1 Å². The van der Waals surface area contributed by atoms with Gasteiger partial charge in [-0.3, -0.25) is 4.79 Å². The highest BCUT2D eigenvalue weighted by molar-refractivity contribution is 5.97. The average molecular weight is 498 g/mol. The molecule has 0 N–H and O–H groups in total. The van der Waals surface area contributed by atoms with Gasteiger partial charge >= 0.3 is 5.97 Å². The molecule has 3 aromatic carbocycles. The summed E-state index contributed by atoms with van der Waals surface area (Å²) in [4.78, 5) is 23.7. The molecule has 0 spiro atoms. The van der Waals surface area contributed by atoms with Crippen molar-refractivity contribution in [2.45, 2.75) is 55.6 Å². The van der Waals surface area contributed by atoms with Gasteiger partial charge in [0.25, 0.3) is 0 Å². The average Bonchev–Trinajstić information content (AvgIpc) is 3.62. The Hall–Kier alpha value is -3.48. The van der Waals surface area contributed by atoms with E-state index in [1.54, 1.807) is 18.2 Å². The molecule has 4 atom stereocenters. The quantitative estimate of drug-likeness (QED) is 0.315. The Kier molecular flexibility index (Phi) is 5.51. The summed E-state index contributed by atoms with van der Waals surface area (Å²) in [6.45, 7) is 2.03. The van der Waals surface area contributed by atoms with Crippen LogP contribution in [0.5, 0.6) is 0 Å². The highest BCUT2D eigenvalue weighted by atomic mass is 16.6. The second kappa shape index (κ2) is 8.54. The molecule has 0 amide bonds. The minimum Gasteiger partial charge on any atom is -0.545 e. The van der Waals surface area contributed by atoms with Crippen LogP contribution >= 0.6 is 0 Å². The molecule has 0 radical (unpaired) electrons. The standard InChI is InChI=1S/C24H26NO3.C7H6O2/c1-24(17-10-6-4-8-15(17)16-9-5-7-11-18(16)24)23(26)27-14-12-19-21-22(28-21)20(13-14)25(19,2)3;8-7(9)6-4-2-1-3-5-6/h4-11,14,19-22H,12-13H2,1-3H3;1-5H,(H,8,9)/q+1;/p-1. The second-order valence-electron chi connectivity index (χ2n) is 11.2. The van der Waals surface area contributed by atoms with E-state index in [9.17, 15) is 14.7 Å². The normalized spacial score (nSPS) is 28.6. The first-order valence-corrected chi connectivity index (χ1v) is 12.9. The molecule has 3 aromatic rings. The molecular weight excluding hydrogens is 466 g/mol. The molecule has 1 aliphatic carbocycles. The highest BCUT2D eigenvalue weighted by Crippen LogP contribution is 2.53. The Morgan fingerprint density at radius 2 is 1.32 bits per heavy atom. The number of carbonyl (C=O) groups is 2. The molecule has 3 fully saturated rings. The van der Waals surface area contributed by atoms with Crippen molar-refractivity contribution in [3.8, 4) is 11.1 Å². The molecule has 3 saturated heterocycles. The summed E-state index contributed by atoms with van der Waals surface area (Å²) in [5.41, 5.74) is 3.89. The third-order valence-electron chi connectivity index (χ3n) is 8.95. The Bertz CT molecular complexity index is 1300. The number of piperidine rings is 1. The number of hydrogen-bond acceptors (Lipinski definition) is 5. The first-order valence-electron chi connectivity index (χ1n) is 12.9. The van der Waals surface area contributed by atoms with Gasteiger partial charge in [-0.1, -0.05) is 78.9 Å². The van der Waals surface area contributed by atoms with E-state index in [4.69, 9.17) is 9.47 Å². The lowest BCUT2D eigenvalue weighted by molar-refractivity contribution is -0.938. The highest BCUT2D eigenvalue weighted by Gasteiger charge is 2.71. The molecule has 0 aromatic heterocycles. The summed E-state index contributed by atoms with van der Waals surface area (Å²) >= 11 is 0. The maximum Gasteiger partial charge on any atom is 0.321 e. The van der Waals surface area contributed by atoms with Gasteiger partial charge in [0.2, 0.25) is 0 Å². The molecule has 2 bridgehead atoms. The van der Waals surface area contributed by atoms with Crippen LogP contribution in [0.3, 0.4) is 0 Å². The molecule has 4 aliphatic rings. The first-order chi connectivity index (χ1) is 17.7. The van der Waals surface area contributed by atoms with Gasteiger partial charge in [-0.05, 0) is 34.7 Å². The van der Waals surface area contributed by atoms with Gasteiger partial charge in [0.1, 0.15) is 35.8 Å². The number of carboxylic acid groups (broad SMARTS) is 1. The van der Waals surface area contributed by atoms with Crippen molar-refractivity contribution in [3.63, 3.8) is 0 Å². The van der Waals surface area contributed by atoms with Crippen molar-refractivity contribution in [2.24, 2.45) is 0 Å². The van der Waals surface area contributed by atoms with Crippen LogP contribution in [-0.4, -0.2) is 60.9 Å². The molecule has 4 unspecified atom stereocenters. The lowest BCUT2D eigenvalue weighted by Crippen LogP contribution is -2.60. The molecule has 37 heavy (non-hydrogen) atoms. The minimum absolute atomic E-state index is 0.0122. The SMILES string of the molecule is CC1(C(=O)OC2CC3C4OC4C(C2)[N+]3(C)C)c2ccccc2-c2ccccc21.O=C([O-])c1ccccc1. The zero-order valence-electron chi connectivity index (χ0n) is 21.3. The third-order valence-corrected chi connectivity index (χ3v) is 8.95. The fourth-order valence-corrected chi connectivity index (χ4v) is 6.82. The number of carboxylic acids is 1. The smallest absolute Gasteiger partial charge is 0.321 e. The van der Waals surface area contributed by atoms with Gasteiger partial charge in [-0.25, -0.2) is 0 Å². The number of ether oxygens (including phenoxy) is 2. The van der Waals surface area contributed by atoms with Crippen molar-refractivity contribution < 1.29 is 28.7 Å². The van der Waals surface area contributed by atoms with Crippen LogP contribution in [0.4, 0.5) is 0 Å². The molecular formula is C31H31NO5. The minimum atomic E-state index is -1.13. The van der Waals surface area contributed by atoms with Crippen LogP contribution < -0.4 is 5.11 Å². The molecule has 7 rings (SSSR count). The van der Waals surface area contributed by atoms with E-state index in [1.807, 2.05) is 31.2 Å². The Balaban J connectivity index is 0.000000239. The third kappa shape index (κ3) is 3.70. The van der Waals surface area contributed by atoms with Crippen molar-refractivity contribution >= 4 is 11.9 Å². The van der Waals surface area contributed by atoms with Gasteiger partial charge in [-0.2, -0.15) is 0 Å². The zero-order valence-corrected chi connectivity index (χ0v) is 21.3.